The zero-order valence-electron chi connectivity index (χ0n) is 9.66. The maximum Gasteiger partial charge on any atom is 0.283 e. The molecule has 0 spiro atoms. The Bertz CT molecular complexity index is 537. The summed E-state index contributed by atoms with van der Waals surface area (Å²) >= 11 is 1.10. The van der Waals surface area contributed by atoms with E-state index in [4.69, 9.17) is 5.14 Å². The third-order valence-corrected chi connectivity index (χ3v) is 3.99. The van der Waals surface area contributed by atoms with E-state index in [0.29, 0.717) is 5.03 Å². The van der Waals surface area contributed by atoms with Gasteiger partial charge in [-0.15, -0.1) is 0 Å². The van der Waals surface area contributed by atoms with Crippen LogP contribution in [0.25, 0.3) is 0 Å². The molecule has 0 amide bonds. The van der Waals surface area contributed by atoms with E-state index in [9.17, 15) is 13.2 Å². The molecule has 8 heteroatoms. The standard InChI is InChI=1S/C9H15N3O3S2/c1-7(2)12-4-3-11-8(9(12)13)16-5-6-17(10,14)15/h3-4,7H,5-6H2,1-2H3,(H2,10,14,15). The first-order valence-electron chi connectivity index (χ1n) is 5.01. The van der Waals surface area contributed by atoms with Gasteiger partial charge in [-0.2, -0.15) is 0 Å². The van der Waals surface area contributed by atoms with Crippen molar-refractivity contribution < 1.29 is 8.42 Å². The van der Waals surface area contributed by atoms with Crippen LogP contribution in [-0.4, -0.2) is 29.5 Å². The van der Waals surface area contributed by atoms with Gasteiger partial charge in [0.1, 0.15) is 0 Å². The van der Waals surface area contributed by atoms with Crippen molar-refractivity contribution in [3.63, 3.8) is 0 Å². The summed E-state index contributed by atoms with van der Waals surface area (Å²) in [6.45, 7) is 3.78. The zero-order valence-corrected chi connectivity index (χ0v) is 11.3. The summed E-state index contributed by atoms with van der Waals surface area (Å²) in [5, 5.41) is 5.17. The zero-order chi connectivity index (χ0) is 13.1. The van der Waals surface area contributed by atoms with Crippen LogP contribution >= 0.6 is 11.8 Å². The average molecular weight is 277 g/mol. The molecule has 0 saturated heterocycles. The van der Waals surface area contributed by atoms with Gasteiger partial charge in [-0.25, -0.2) is 18.5 Å². The lowest BCUT2D eigenvalue weighted by atomic mass is 10.4. The SMILES string of the molecule is CC(C)n1ccnc(SCCS(N)(=O)=O)c1=O. The number of sulfonamides is 1. The summed E-state index contributed by atoms with van der Waals surface area (Å²) in [7, 11) is -3.49. The third kappa shape index (κ3) is 4.49. The van der Waals surface area contributed by atoms with Crippen LogP contribution < -0.4 is 10.7 Å². The van der Waals surface area contributed by atoms with Gasteiger partial charge >= 0.3 is 0 Å². The summed E-state index contributed by atoms with van der Waals surface area (Å²) in [6, 6.07) is 0.0445. The van der Waals surface area contributed by atoms with Crippen molar-refractivity contribution >= 4 is 21.8 Å². The van der Waals surface area contributed by atoms with Crippen LogP contribution in [0.3, 0.4) is 0 Å². The Morgan fingerprint density at radius 2 is 2.18 bits per heavy atom. The fourth-order valence-electron chi connectivity index (χ4n) is 1.17. The Balaban J connectivity index is 2.79. The second-order valence-corrected chi connectivity index (χ2v) is 6.57. The van der Waals surface area contributed by atoms with Crippen LogP contribution in [0.1, 0.15) is 19.9 Å². The highest BCUT2D eigenvalue weighted by atomic mass is 32.2. The summed E-state index contributed by atoms with van der Waals surface area (Å²) in [5.74, 6) is 0.0541. The van der Waals surface area contributed by atoms with Crippen molar-refractivity contribution in [3.8, 4) is 0 Å². The van der Waals surface area contributed by atoms with Crippen LogP contribution in [0, 0.1) is 0 Å². The lowest BCUT2D eigenvalue weighted by Gasteiger charge is -2.09. The molecular formula is C9H15N3O3S2. The van der Waals surface area contributed by atoms with Crippen molar-refractivity contribution in [1.82, 2.24) is 9.55 Å². The molecule has 0 aliphatic rings. The van der Waals surface area contributed by atoms with Gasteiger partial charge < -0.3 is 4.57 Å². The minimum atomic E-state index is -3.49. The van der Waals surface area contributed by atoms with Crippen molar-refractivity contribution in [1.29, 1.82) is 0 Å². The Labute approximate surface area is 104 Å². The van der Waals surface area contributed by atoms with E-state index in [0.717, 1.165) is 11.8 Å². The van der Waals surface area contributed by atoms with Crippen LogP contribution in [0.5, 0.6) is 0 Å². The van der Waals surface area contributed by atoms with E-state index in [-0.39, 0.29) is 23.1 Å². The van der Waals surface area contributed by atoms with Crippen LogP contribution in [-0.2, 0) is 10.0 Å². The second kappa shape index (κ2) is 5.65. The van der Waals surface area contributed by atoms with Crippen LogP contribution in [0.2, 0.25) is 0 Å². The molecule has 0 radical (unpaired) electrons. The molecule has 0 aliphatic carbocycles. The number of nitrogens with two attached hydrogens (primary N) is 1. The Morgan fingerprint density at radius 1 is 1.53 bits per heavy atom. The van der Waals surface area contributed by atoms with Gasteiger partial charge in [-0.3, -0.25) is 4.79 Å². The first-order valence-corrected chi connectivity index (χ1v) is 7.72. The molecule has 2 N–H and O–H groups in total. The summed E-state index contributed by atoms with van der Waals surface area (Å²) in [4.78, 5) is 15.8. The highest BCUT2D eigenvalue weighted by Gasteiger charge is 2.09. The van der Waals surface area contributed by atoms with Gasteiger partial charge in [0.15, 0.2) is 5.03 Å². The Morgan fingerprint density at radius 3 is 2.71 bits per heavy atom. The number of hydrogen-bond acceptors (Lipinski definition) is 5. The second-order valence-electron chi connectivity index (χ2n) is 3.75. The molecule has 1 aromatic heterocycles. The molecule has 0 unspecified atom stereocenters. The largest absolute Gasteiger partial charge is 0.309 e. The predicted octanol–water partition coefficient (Wildman–Crippen LogP) is 0.205. The lowest BCUT2D eigenvalue weighted by molar-refractivity contribution is 0.561. The van der Waals surface area contributed by atoms with Crippen LogP contribution in [0.15, 0.2) is 22.2 Å². The van der Waals surface area contributed by atoms with Gasteiger partial charge in [0, 0.05) is 24.2 Å². The number of primary sulfonamides is 1. The number of rotatable bonds is 5. The van der Waals surface area contributed by atoms with Gasteiger partial charge in [0.2, 0.25) is 10.0 Å². The summed E-state index contributed by atoms with van der Waals surface area (Å²) in [5.41, 5.74) is -0.207. The van der Waals surface area contributed by atoms with E-state index < -0.39 is 10.0 Å². The van der Waals surface area contributed by atoms with Crippen molar-refractivity contribution in [2.45, 2.75) is 24.9 Å². The molecule has 0 saturated carbocycles. The minimum Gasteiger partial charge on any atom is -0.309 e. The molecule has 0 aliphatic heterocycles. The molecule has 1 rings (SSSR count). The third-order valence-electron chi connectivity index (χ3n) is 2.00. The number of nitrogens with zero attached hydrogens (tertiary/aromatic N) is 2. The van der Waals surface area contributed by atoms with E-state index >= 15 is 0 Å². The molecule has 96 valence electrons. The molecule has 17 heavy (non-hydrogen) atoms. The predicted molar refractivity (Wildman–Crippen MR) is 67.6 cm³/mol. The molecule has 0 atom stereocenters. The van der Waals surface area contributed by atoms with E-state index in [2.05, 4.69) is 4.98 Å². The first kappa shape index (κ1) is 14.2. The van der Waals surface area contributed by atoms with Gasteiger partial charge in [0.05, 0.1) is 5.75 Å². The monoisotopic (exact) mass is 277 g/mol. The Hall–Kier alpha value is -0.860. The molecule has 0 fully saturated rings. The molecule has 1 aromatic rings. The highest BCUT2D eigenvalue weighted by molar-refractivity contribution is 8.00. The normalized spacial score (nSPS) is 12.0. The summed E-state index contributed by atoms with van der Waals surface area (Å²) in [6.07, 6.45) is 3.14. The summed E-state index contributed by atoms with van der Waals surface area (Å²) < 4.78 is 23.0. The smallest absolute Gasteiger partial charge is 0.283 e. The van der Waals surface area contributed by atoms with Crippen LogP contribution in [0.4, 0.5) is 0 Å². The van der Waals surface area contributed by atoms with Crippen molar-refractivity contribution in [2.75, 3.05) is 11.5 Å². The molecule has 1 heterocycles. The average Bonchev–Trinajstić information content (AvgIpc) is 2.18. The van der Waals surface area contributed by atoms with E-state index in [1.54, 1.807) is 10.8 Å². The molecule has 6 nitrogen and oxygen atoms in total. The molecule has 0 aromatic carbocycles. The van der Waals surface area contributed by atoms with E-state index in [1.165, 1.54) is 6.20 Å². The van der Waals surface area contributed by atoms with Gasteiger partial charge in [-0.05, 0) is 13.8 Å². The van der Waals surface area contributed by atoms with Crippen molar-refractivity contribution in [2.24, 2.45) is 5.14 Å². The Kier molecular flexibility index (Phi) is 4.72. The molecular weight excluding hydrogens is 262 g/mol. The molecule has 0 bridgehead atoms. The number of thioether (sulfide) groups is 1. The minimum absolute atomic E-state index is 0.0445. The quantitative estimate of drug-likeness (QED) is 0.776. The number of aromatic nitrogens is 2. The maximum absolute atomic E-state index is 11.9. The van der Waals surface area contributed by atoms with Gasteiger partial charge in [0.25, 0.3) is 5.56 Å². The fourth-order valence-corrected chi connectivity index (χ4v) is 2.99. The lowest BCUT2D eigenvalue weighted by Crippen LogP contribution is -2.24. The topological polar surface area (TPSA) is 95.1 Å². The van der Waals surface area contributed by atoms with Crippen molar-refractivity contribution in [3.05, 3.63) is 22.7 Å². The first-order chi connectivity index (χ1) is 7.81. The number of hydrogen-bond donors (Lipinski definition) is 1. The van der Waals surface area contributed by atoms with Gasteiger partial charge in [-0.1, -0.05) is 11.8 Å². The maximum atomic E-state index is 11.9. The highest BCUT2D eigenvalue weighted by Crippen LogP contribution is 2.11. The fraction of sp³-hybridized carbons (Fsp3) is 0.556. The van der Waals surface area contributed by atoms with E-state index in [1.807, 2.05) is 13.8 Å².